The van der Waals surface area contributed by atoms with E-state index in [-0.39, 0.29) is 17.9 Å². The number of aromatic nitrogens is 1. The number of Topliss-reactive ketones (excluding diaryl/α,β-unsaturated/α-hetero) is 1. The van der Waals surface area contributed by atoms with Crippen molar-refractivity contribution >= 4 is 17.4 Å². The monoisotopic (exact) mass is 470 g/mol. The second-order valence-corrected chi connectivity index (χ2v) is 9.38. The molecule has 1 fully saturated rings. The van der Waals surface area contributed by atoms with Crippen LogP contribution in [0.25, 0.3) is 5.76 Å². The molecule has 1 aliphatic rings. The highest BCUT2D eigenvalue weighted by atomic mass is 16.5. The molecule has 0 aliphatic carbocycles. The van der Waals surface area contributed by atoms with Gasteiger partial charge in [0.05, 0.1) is 18.2 Å². The van der Waals surface area contributed by atoms with Crippen molar-refractivity contribution in [1.82, 2.24) is 9.88 Å². The smallest absolute Gasteiger partial charge is 0.295 e. The molecule has 1 amide bonds. The Morgan fingerprint density at radius 3 is 2.46 bits per heavy atom. The topological polar surface area (TPSA) is 79.7 Å². The quantitative estimate of drug-likeness (QED) is 0.286. The molecule has 6 nitrogen and oxygen atoms in total. The maximum Gasteiger partial charge on any atom is 0.295 e. The summed E-state index contributed by atoms with van der Waals surface area (Å²) >= 11 is 0. The molecule has 3 aromatic rings. The minimum atomic E-state index is -0.715. The third-order valence-corrected chi connectivity index (χ3v) is 6.03. The van der Waals surface area contributed by atoms with Crippen LogP contribution in [0, 0.1) is 19.8 Å². The predicted octanol–water partition coefficient (Wildman–Crippen LogP) is 5.36. The molecule has 6 heteroatoms. The summed E-state index contributed by atoms with van der Waals surface area (Å²) in [5, 5.41) is 11.3. The first-order chi connectivity index (χ1) is 16.8. The zero-order chi connectivity index (χ0) is 25.1. The van der Waals surface area contributed by atoms with Gasteiger partial charge in [0.2, 0.25) is 0 Å². The van der Waals surface area contributed by atoms with Gasteiger partial charge in [-0.3, -0.25) is 14.6 Å². The van der Waals surface area contributed by atoms with Crippen LogP contribution in [0.15, 0.2) is 72.6 Å². The van der Waals surface area contributed by atoms with Gasteiger partial charge in [0, 0.05) is 24.5 Å². The Morgan fingerprint density at radius 2 is 1.83 bits per heavy atom. The van der Waals surface area contributed by atoms with E-state index < -0.39 is 17.7 Å². The van der Waals surface area contributed by atoms with Gasteiger partial charge in [0.1, 0.15) is 11.5 Å². The molecule has 0 radical (unpaired) electrons. The molecule has 180 valence electrons. The maximum atomic E-state index is 13.3. The summed E-state index contributed by atoms with van der Waals surface area (Å²) in [5.41, 5.74) is 4.01. The minimum Gasteiger partial charge on any atom is -0.507 e. The summed E-state index contributed by atoms with van der Waals surface area (Å²) in [5.74, 6) is -0.430. The Kier molecular flexibility index (Phi) is 7.01. The average Bonchev–Trinajstić information content (AvgIpc) is 3.09. The lowest BCUT2D eigenvalue weighted by molar-refractivity contribution is -0.140. The summed E-state index contributed by atoms with van der Waals surface area (Å²) in [6, 6.07) is 15.9. The third-order valence-electron chi connectivity index (χ3n) is 6.03. The van der Waals surface area contributed by atoms with E-state index in [1.807, 2.05) is 44.2 Å². The fourth-order valence-corrected chi connectivity index (χ4v) is 4.20. The first-order valence-corrected chi connectivity index (χ1v) is 11.7. The number of likely N-dealkylation sites (tertiary alicyclic amines) is 1. The van der Waals surface area contributed by atoms with E-state index in [0.717, 1.165) is 28.0 Å². The lowest BCUT2D eigenvalue weighted by Crippen LogP contribution is -2.29. The molecule has 1 N–H and O–H groups in total. The number of pyridine rings is 1. The van der Waals surface area contributed by atoms with E-state index in [1.165, 1.54) is 4.90 Å². The van der Waals surface area contributed by atoms with Crippen molar-refractivity contribution in [3.8, 4) is 5.75 Å². The summed E-state index contributed by atoms with van der Waals surface area (Å²) in [7, 11) is 0. The normalized spacial score (nSPS) is 17.3. The molecule has 1 aromatic heterocycles. The van der Waals surface area contributed by atoms with Crippen LogP contribution in [0.1, 0.15) is 47.7 Å². The van der Waals surface area contributed by atoms with E-state index in [4.69, 9.17) is 4.74 Å². The number of aliphatic hydroxyl groups excluding tert-OH is 1. The number of rotatable bonds is 7. The molecule has 0 spiro atoms. The van der Waals surface area contributed by atoms with Crippen LogP contribution in [0.4, 0.5) is 0 Å². The van der Waals surface area contributed by atoms with Crippen LogP contribution in [-0.4, -0.2) is 33.3 Å². The number of carbonyl (C=O) groups is 2. The van der Waals surface area contributed by atoms with Gasteiger partial charge in [0.15, 0.2) is 0 Å². The van der Waals surface area contributed by atoms with Crippen molar-refractivity contribution in [1.29, 1.82) is 0 Å². The van der Waals surface area contributed by atoms with Crippen molar-refractivity contribution < 1.29 is 19.4 Å². The number of aryl methyl sites for hydroxylation is 2. The van der Waals surface area contributed by atoms with Crippen molar-refractivity contribution in [2.45, 2.75) is 40.3 Å². The summed E-state index contributed by atoms with van der Waals surface area (Å²) in [6.45, 7) is 8.80. The number of aliphatic hydroxyl groups is 1. The van der Waals surface area contributed by atoms with Crippen molar-refractivity contribution in [3.63, 3.8) is 0 Å². The zero-order valence-electron chi connectivity index (χ0n) is 20.5. The Bertz CT molecular complexity index is 1260. The van der Waals surface area contributed by atoms with Gasteiger partial charge < -0.3 is 14.7 Å². The summed E-state index contributed by atoms with van der Waals surface area (Å²) < 4.78 is 5.85. The second kappa shape index (κ2) is 10.1. The van der Waals surface area contributed by atoms with Crippen molar-refractivity contribution in [2.24, 2.45) is 5.92 Å². The Hall–Kier alpha value is -3.93. The minimum absolute atomic E-state index is 0.0815. The molecule has 1 atom stereocenters. The number of benzene rings is 2. The molecular weight excluding hydrogens is 440 g/mol. The molecule has 0 bridgehead atoms. The molecular formula is C29H30N2O4. The van der Waals surface area contributed by atoms with Gasteiger partial charge in [-0.2, -0.15) is 0 Å². The molecule has 2 aromatic carbocycles. The van der Waals surface area contributed by atoms with Crippen molar-refractivity contribution in [3.05, 3.63) is 100 Å². The van der Waals surface area contributed by atoms with Gasteiger partial charge in [-0.15, -0.1) is 0 Å². The van der Waals surface area contributed by atoms with Crippen LogP contribution in [0.3, 0.4) is 0 Å². The van der Waals surface area contributed by atoms with Crippen LogP contribution in [0.5, 0.6) is 5.75 Å². The van der Waals surface area contributed by atoms with Gasteiger partial charge in [-0.25, -0.2) is 0 Å². The van der Waals surface area contributed by atoms with E-state index in [9.17, 15) is 14.7 Å². The van der Waals surface area contributed by atoms with Gasteiger partial charge in [-0.1, -0.05) is 49.7 Å². The van der Waals surface area contributed by atoms with Gasteiger partial charge in [-0.05, 0) is 60.7 Å². The van der Waals surface area contributed by atoms with Crippen LogP contribution < -0.4 is 4.74 Å². The van der Waals surface area contributed by atoms with Crippen LogP contribution in [0.2, 0.25) is 0 Å². The van der Waals surface area contributed by atoms with E-state index in [1.54, 1.807) is 36.7 Å². The lowest BCUT2D eigenvalue weighted by atomic mass is 9.94. The number of ketones is 1. The number of hydrogen-bond acceptors (Lipinski definition) is 5. The van der Waals surface area contributed by atoms with Crippen LogP contribution >= 0.6 is 0 Å². The molecule has 1 aliphatic heterocycles. The first-order valence-electron chi connectivity index (χ1n) is 11.7. The number of nitrogens with zero attached hydrogens (tertiary/aromatic N) is 2. The molecule has 2 heterocycles. The molecule has 0 saturated carbocycles. The fraction of sp³-hybridized carbons (Fsp3) is 0.276. The molecule has 1 saturated heterocycles. The highest BCUT2D eigenvalue weighted by Crippen LogP contribution is 2.40. The Balaban J connectivity index is 1.78. The van der Waals surface area contributed by atoms with E-state index >= 15 is 0 Å². The van der Waals surface area contributed by atoms with Crippen molar-refractivity contribution in [2.75, 3.05) is 6.61 Å². The average molecular weight is 471 g/mol. The van der Waals surface area contributed by atoms with Crippen LogP contribution in [-0.2, 0) is 16.1 Å². The standard InChI is InChI=1S/C29H30N2O4/c1-18(2)17-35-24-12-11-23(14-20(24)4)27(32)25-26(22-9-7-19(3)8-10-22)31(29(34)28(25)33)16-21-6-5-13-30-15-21/h5-15,18,26,32H,16-17H2,1-4H3/b27-25+/t26-/m0/s1. The predicted molar refractivity (Wildman–Crippen MR) is 135 cm³/mol. The third kappa shape index (κ3) is 5.11. The number of ether oxygens (including phenoxy) is 1. The largest absolute Gasteiger partial charge is 0.507 e. The summed E-state index contributed by atoms with van der Waals surface area (Å²) in [6.07, 6.45) is 3.33. The fourth-order valence-electron chi connectivity index (χ4n) is 4.20. The highest BCUT2D eigenvalue weighted by molar-refractivity contribution is 6.46. The number of amides is 1. The lowest BCUT2D eigenvalue weighted by Gasteiger charge is -2.25. The zero-order valence-corrected chi connectivity index (χ0v) is 20.5. The first kappa shape index (κ1) is 24.2. The SMILES string of the molecule is Cc1ccc([C@H]2/C(=C(\O)c3ccc(OCC(C)C)c(C)c3)C(=O)C(=O)N2Cc2cccnc2)cc1. The molecule has 35 heavy (non-hydrogen) atoms. The maximum absolute atomic E-state index is 13.3. The number of carbonyl (C=O) groups excluding carboxylic acids is 2. The van der Waals surface area contributed by atoms with E-state index in [2.05, 4.69) is 18.8 Å². The Labute approximate surface area is 205 Å². The highest BCUT2D eigenvalue weighted by Gasteiger charge is 2.46. The van der Waals surface area contributed by atoms with Gasteiger partial charge in [0.25, 0.3) is 11.7 Å². The summed E-state index contributed by atoms with van der Waals surface area (Å²) in [4.78, 5) is 32.1. The second-order valence-electron chi connectivity index (χ2n) is 9.38. The Morgan fingerprint density at radius 1 is 1.09 bits per heavy atom. The van der Waals surface area contributed by atoms with Gasteiger partial charge >= 0.3 is 0 Å². The number of hydrogen-bond donors (Lipinski definition) is 1. The molecule has 0 unspecified atom stereocenters. The van der Waals surface area contributed by atoms with E-state index in [0.29, 0.717) is 18.1 Å². The molecule has 4 rings (SSSR count).